The summed E-state index contributed by atoms with van der Waals surface area (Å²) in [7, 11) is 1.33. The van der Waals surface area contributed by atoms with Gasteiger partial charge in [-0.05, 0) is 18.6 Å². The lowest BCUT2D eigenvalue weighted by Crippen LogP contribution is -2.34. The smallest absolute Gasteiger partial charge is 0.387 e. The molecule has 0 aliphatic heterocycles. The second-order valence-electron chi connectivity index (χ2n) is 3.75. The number of alkyl halides is 2. The Morgan fingerprint density at radius 1 is 1.42 bits per heavy atom. The minimum atomic E-state index is -2.97. The number of carbonyl (C=O) groups excluding carboxylic acids is 1. The Morgan fingerprint density at radius 3 is 2.63 bits per heavy atom. The van der Waals surface area contributed by atoms with Crippen LogP contribution < -0.4 is 20.5 Å². The summed E-state index contributed by atoms with van der Waals surface area (Å²) in [5.74, 6) is -0.394. The van der Waals surface area contributed by atoms with E-state index in [1.807, 2.05) is 0 Å². The van der Waals surface area contributed by atoms with Gasteiger partial charge >= 0.3 is 6.61 Å². The Bertz CT molecular complexity index is 441. The van der Waals surface area contributed by atoms with Gasteiger partial charge in [-0.25, -0.2) is 0 Å². The molecule has 0 aromatic heterocycles. The Balaban J connectivity index is 2.88. The quantitative estimate of drug-likeness (QED) is 0.831. The van der Waals surface area contributed by atoms with Crippen molar-refractivity contribution in [2.75, 3.05) is 12.4 Å². The van der Waals surface area contributed by atoms with Crippen molar-refractivity contribution in [2.24, 2.45) is 5.73 Å². The number of amides is 1. The molecule has 3 N–H and O–H groups in total. The molecule has 1 aromatic rings. The average Bonchev–Trinajstić information content (AvgIpc) is 2.37. The molecule has 0 heterocycles. The maximum atomic E-state index is 12.2. The first-order valence-corrected chi connectivity index (χ1v) is 5.67. The lowest BCUT2D eigenvalue weighted by molar-refractivity contribution is -0.117. The molecule has 0 aliphatic rings. The molecule has 5 nitrogen and oxygen atoms in total. The molecule has 0 spiro atoms. The van der Waals surface area contributed by atoms with Crippen LogP contribution in [0.2, 0.25) is 0 Å². The average molecular weight is 274 g/mol. The van der Waals surface area contributed by atoms with Crippen molar-refractivity contribution in [3.05, 3.63) is 18.2 Å². The van der Waals surface area contributed by atoms with Crippen molar-refractivity contribution in [2.45, 2.75) is 26.0 Å². The highest BCUT2D eigenvalue weighted by molar-refractivity contribution is 5.94. The second-order valence-corrected chi connectivity index (χ2v) is 3.75. The third-order valence-corrected chi connectivity index (χ3v) is 2.42. The SMILES string of the molecule is CC[C@@H](N)C(=O)Nc1ccc(OC)c(OC(F)F)c1. The van der Waals surface area contributed by atoms with E-state index in [1.54, 1.807) is 6.92 Å². The number of hydrogen-bond donors (Lipinski definition) is 2. The van der Waals surface area contributed by atoms with Crippen molar-refractivity contribution < 1.29 is 23.0 Å². The first kappa shape index (κ1) is 15.2. The van der Waals surface area contributed by atoms with Crippen LogP contribution in [0, 0.1) is 0 Å². The van der Waals surface area contributed by atoms with Gasteiger partial charge in [0.05, 0.1) is 13.2 Å². The molecule has 1 aromatic carbocycles. The normalized spacial score (nSPS) is 12.1. The molecule has 1 atom stereocenters. The van der Waals surface area contributed by atoms with Crippen LogP contribution in [-0.4, -0.2) is 25.7 Å². The number of benzene rings is 1. The van der Waals surface area contributed by atoms with Crippen LogP contribution in [0.5, 0.6) is 11.5 Å². The Morgan fingerprint density at radius 2 is 2.11 bits per heavy atom. The molecule has 1 rings (SSSR count). The number of anilines is 1. The van der Waals surface area contributed by atoms with E-state index in [4.69, 9.17) is 10.5 Å². The number of halogens is 2. The zero-order valence-corrected chi connectivity index (χ0v) is 10.7. The molecule has 19 heavy (non-hydrogen) atoms. The highest BCUT2D eigenvalue weighted by Crippen LogP contribution is 2.31. The number of methoxy groups -OCH3 is 1. The number of ether oxygens (including phenoxy) is 2. The van der Waals surface area contributed by atoms with Crippen molar-refractivity contribution in [3.8, 4) is 11.5 Å². The fourth-order valence-electron chi connectivity index (χ4n) is 1.36. The Hall–Kier alpha value is -1.89. The molecule has 1 amide bonds. The van der Waals surface area contributed by atoms with Gasteiger partial charge in [-0.15, -0.1) is 0 Å². The summed E-state index contributed by atoms with van der Waals surface area (Å²) >= 11 is 0. The van der Waals surface area contributed by atoms with Crippen molar-refractivity contribution in [1.82, 2.24) is 0 Å². The van der Waals surface area contributed by atoms with Crippen LogP contribution in [0.25, 0.3) is 0 Å². The molecule has 0 saturated heterocycles. The summed E-state index contributed by atoms with van der Waals surface area (Å²) in [6, 6.07) is 3.54. The van der Waals surface area contributed by atoms with E-state index in [9.17, 15) is 13.6 Å². The largest absolute Gasteiger partial charge is 0.493 e. The van der Waals surface area contributed by atoms with Gasteiger partial charge in [0.1, 0.15) is 0 Å². The Labute approximate surface area is 109 Å². The molecule has 7 heteroatoms. The minimum absolute atomic E-state index is 0.151. The number of carbonyl (C=O) groups is 1. The van der Waals surface area contributed by atoms with E-state index < -0.39 is 18.6 Å². The molecule has 106 valence electrons. The summed E-state index contributed by atoms with van der Waals surface area (Å²) in [6.45, 7) is -1.21. The maximum absolute atomic E-state index is 12.2. The summed E-state index contributed by atoms with van der Waals surface area (Å²) in [5, 5.41) is 2.51. The third-order valence-electron chi connectivity index (χ3n) is 2.42. The van der Waals surface area contributed by atoms with Crippen molar-refractivity contribution in [1.29, 1.82) is 0 Å². The molecule has 0 saturated carbocycles. The van der Waals surface area contributed by atoms with E-state index in [0.29, 0.717) is 12.1 Å². The van der Waals surface area contributed by atoms with Crippen molar-refractivity contribution >= 4 is 11.6 Å². The third kappa shape index (κ3) is 4.36. The first-order chi connectivity index (χ1) is 8.97. The predicted molar refractivity (Wildman–Crippen MR) is 66.5 cm³/mol. The van der Waals surface area contributed by atoms with Gasteiger partial charge in [0, 0.05) is 11.8 Å². The second kappa shape index (κ2) is 6.89. The topological polar surface area (TPSA) is 73.6 Å². The van der Waals surface area contributed by atoms with E-state index in [2.05, 4.69) is 10.1 Å². The van der Waals surface area contributed by atoms with Gasteiger partial charge in [-0.3, -0.25) is 4.79 Å². The number of hydrogen-bond acceptors (Lipinski definition) is 4. The van der Waals surface area contributed by atoms with Gasteiger partial charge in [0.2, 0.25) is 5.91 Å². The van der Waals surface area contributed by atoms with E-state index >= 15 is 0 Å². The first-order valence-electron chi connectivity index (χ1n) is 5.67. The fraction of sp³-hybridized carbons (Fsp3) is 0.417. The van der Waals surface area contributed by atoms with E-state index in [0.717, 1.165) is 0 Å². The maximum Gasteiger partial charge on any atom is 0.387 e. The summed E-state index contributed by atoms with van der Waals surface area (Å²) in [4.78, 5) is 11.6. The number of nitrogens with two attached hydrogens (primary N) is 1. The summed E-state index contributed by atoms with van der Waals surface area (Å²) < 4.78 is 33.6. The fourth-order valence-corrected chi connectivity index (χ4v) is 1.36. The van der Waals surface area contributed by atoms with Gasteiger partial charge in [-0.1, -0.05) is 6.92 Å². The molecule has 0 fully saturated rings. The van der Waals surface area contributed by atoms with Crippen LogP contribution in [0.3, 0.4) is 0 Å². The zero-order chi connectivity index (χ0) is 14.4. The minimum Gasteiger partial charge on any atom is -0.493 e. The molecule has 0 radical (unpaired) electrons. The number of rotatable bonds is 6. The van der Waals surface area contributed by atoms with Gasteiger partial charge in [-0.2, -0.15) is 8.78 Å². The zero-order valence-electron chi connectivity index (χ0n) is 10.7. The standard InChI is InChI=1S/C12H16F2N2O3/c1-3-8(15)11(17)16-7-4-5-9(18-2)10(6-7)19-12(13)14/h4-6,8,12H,3,15H2,1-2H3,(H,16,17)/t8-/m1/s1. The van der Waals surface area contributed by atoms with Crippen LogP contribution >= 0.6 is 0 Å². The van der Waals surface area contributed by atoms with Crippen LogP contribution in [0.4, 0.5) is 14.5 Å². The van der Waals surface area contributed by atoms with Gasteiger partial charge in [0.25, 0.3) is 0 Å². The van der Waals surface area contributed by atoms with Crippen LogP contribution in [0.15, 0.2) is 18.2 Å². The monoisotopic (exact) mass is 274 g/mol. The van der Waals surface area contributed by atoms with E-state index in [1.165, 1.54) is 25.3 Å². The lowest BCUT2D eigenvalue weighted by atomic mass is 10.2. The highest BCUT2D eigenvalue weighted by atomic mass is 19.3. The van der Waals surface area contributed by atoms with Crippen LogP contribution in [-0.2, 0) is 4.79 Å². The predicted octanol–water partition coefficient (Wildman–Crippen LogP) is 1.97. The molecule has 0 aliphatic carbocycles. The summed E-state index contributed by atoms with van der Waals surface area (Å²) in [5.41, 5.74) is 5.86. The molecule has 0 unspecified atom stereocenters. The van der Waals surface area contributed by atoms with Crippen molar-refractivity contribution in [3.63, 3.8) is 0 Å². The molecular formula is C12H16F2N2O3. The Kier molecular flexibility index (Phi) is 5.50. The molecule has 0 bridgehead atoms. The summed E-state index contributed by atoms with van der Waals surface area (Å²) in [6.07, 6.45) is 0.475. The van der Waals surface area contributed by atoms with E-state index in [-0.39, 0.29) is 11.5 Å². The molecular weight excluding hydrogens is 258 g/mol. The van der Waals surface area contributed by atoms with Crippen LogP contribution in [0.1, 0.15) is 13.3 Å². The van der Waals surface area contributed by atoms with Gasteiger partial charge in [0.15, 0.2) is 11.5 Å². The number of nitrogens with one attached hydrogen (secondary N) is 1. The lowest BCUT2D eigenvalue weighted by Gasteiger charge is -2.13. The van der Waals surface area contributed by atoms with Gasteiger partial charge < -0.3 is 20.5 Å². The highest BCUT2D eigenvalue weighted by Gasteiger charge is 2.14.